The molecule has 0 bridgehead atoms. The van der Waals surface area contributed by atoms with Crippen molar-refractivity contribution in [3.8, 4) is 5.75 Å². The molecule has 2 rings (SSSR count). The molecule has 0 amide bonds. The number of rotatable bonds is 7. The molecule has 1 aliphatic rings. The molecule has 0 aromatic heterocycles. The van der Waals surface area contributed by atoms with Crippen LogP contribution in [0.1, 0.15) is 27.7 Å². The van der Waals surface area contributed by atoms with Crippen molar-refractivity contribution < 1.29 is 8.85 Å². The molecule has 0 unspecified atom stereocenters. The molecular formula is C17H28O2Si2. The molecule has 116 valence electrons. The minimum Gasteiger partial charge on any atom is -0.490 e. The molecule has 1 heterocycles. The van der Waals surface area contributed by atoms with E-state index in [1.54, 1.807) is 0 Å². The number of benzene rings is 1. The van der Waals surface area contributed by atoms with Crippen LogP contribution in [0.4, 0.5) is 0 Å². The largest absolute Gasteiger partial charge is 0.490 e. The lowest BCUT2D eigenvalue weighted by molar-refractivity contribution is 0.355. The van der Waals surface area contributed by atoms with Gasteiger partial charge in [0.05, 0.1) is 0 Å². The van der Waals surface area contributed by atoms with Gasteiger partial charge < -0.3 is 8.85 Å². The Balaban J connectivity index is 2.20. The van der Waals surface area contributed by atoms with Gasteiger partial charge in [-0.25, -0.2) is 0 Å². The van der Waals surface area contributed by atoms with Crippen LogP contribution in [0.25, 0.3) is 0 Å². The van der Waals surface area contributed by atoms with Gasteiger partial charge in [-0.15, -0.1) is 0 Å². The normalized spacial score (nSPS) is 19.3. The van der Waals surface area contributed by atoms with Crippen LogP contribution in [-0.2, 0) is 4.12 Å². The summed E-state index contributed by atoms with van der Waals surface area (Å²) < 4.78 is 12.9. The first kappa shape index (κ1) is 16.5. The SMILES string of the molecule is CC[Si]1(CC)C=C(COc2ccccc2)[Si](CC)(CC)O1. The highest BCUT2D eigenvalue weighted by Gasteiger charge is 2.49. The van der Waals surface area contributed by atoms with Crippen molar-refractivity contribution >= 4 is 16.6 Å². The molecule has 0 fully saturated rings. The zero-order valence-corrected chi connectivity index (χ0v) is 15.8. The highest BCUT2D eigenvalue weighted by molar-refractivity contribution is 6.97. The number of hydrogen-bond donors (Lipinski definition) is 0. The van der Waals surface area contributed by atoms with Crippen molar-refractivity contribution in [2.24, 2.45) is 0 Å². The topological polar surface area (TPSA) is 18.5 Å². The van der Waals surface area contributed by atoms with Crippen molar-refractivity contribution in [3.05, 3.63) is 41.2 Å². The highest BCUT2D eigenvalue weighted by atomic mass is 28.4. The summed E-state index contributed by atoms with van der Waals surface area (Å²) in [6.07, 6.45) is 0. The summed E-state index contributed by atoms with van der Waals surface area (Å²) in [4.78, 5) is 0. The predicted octanol–water partition coefficient (Wildman–Crippen LogP) is 5.07. The van der Waals surface area contributed by atoms with E-state index in [1.165, 1.54) is 29.4 Å². The highest BCUT2D eigenvalue weighted by Crippen LogP contribution is 2.40. The fraction of sp³-hybridized carbons (Fsp3) is 0.529. The molecule has 0 spiro atoms. The van der Waals surface area contributed by atoms with Crippen LogP contribution in [0, 0.1) is 0 Å². The van der Waals surface area contributed by atoms with Gasteiger partial charge in [0, 0.05) is 0 Å². The predicted molar refractivity (Wildman–Crippen MR) is 94.5 cm³/mol. The smallest absolute Gasteiger partial charge is 0.210 e. The van der Waals surface area contributed by atoms with Gasteiger partial charge in [-0.2, -0.15) is 0 Å². The Kier molecular flexibility index (Phi) is 5.46. The maximum Gasteiger partial charge on any atom is 0.210 e. The fourth-order valence-electron chi connectivity index (χ4n) is 3.23. The maximum absolute atomic E-state index is 6.84. The summed E-state index contributed by atoms with van der Waals surface area (Å²) in [7, 11) is -3.38. The Morgan fingerprint density at radius 1 is 0.905 bits per heavy atom. The van der Waals surface area contributed by atoms with E-state index in [0.717, 1.165) is 5.75 Å². The van der Waals surface area contributed by atoms with E-state index in [4.69, 9.17) is 8.85 Å². The summed E-state index contributed by atoms with van der Waals surface area (Å²) in [5.41, 5.74) is 2.54. The molecular weight excluding hydrogens is 292 g/mol. The lowest BCUT2D eigenvalue weighted by Crippen LogP contribution is -2.45. The van der Waals surface area contributed by atoms with Gasteiger partial charge in [-0.3, -0.25) is 0 Å². The van der Waals surface area contributed by atoms with Crippen molar-refractivity contribution in [3.63, 3.8) is 0 Å². The van der Waals surface area contributed by atoms with Crippen LogP contribution < -0.4 is 4.74 Å². The average Bonchev–Trinajstić information content (AvgIpc) is 2.89. The standard InChI is InChI=1S/C17H28O2Si2/c1-5-20(6-2)15-17(21(7-3,8-4)19-20)14-18-16-12-10-9-11-13-16/h9-13,15H,5-8,14H2,1-4H3. The second-order valence-electron chi connectivity index (χ2n) is 5.85. The molecule has 21 heavy (non-hydrogen) atoms. The Labute approximate surface area is 131 Å². The average molecular weight is 321 g/mol. The number of para-hydroxylation sites is 1. The zero-order valence-electron chi connectivity index (χ0n) is 13.8. The summed E-state index contributed by atoms with van der Waals surface area (Å²) in [5, 5.41) is 1.51. The Morgan fingerprint density at radius 2 is 1.52 bits per heavy atom. The third-order valence-electron chi connectivity index (χ3n) is 4.90. The van der Waals surface area contributed by atoms with Gasteiger partial charge in [-0.1, -0.05) is 51.6 Å². The monoisotopic (exact) mass is 320 g/mol. The first-order valence-electron chi connectivity index (χ1n) is 8.24. The molecule has 0 aliphatic carbocycles. The van der Waals surface area contributed by atoms with Crippen LogP contribution in [0.15, 0.2) is 41.2 Å². The maximum atomic E-state index is 6.84. The van der Waals surface area contributed by atoms with E-state index in [1.807, 2.05) is 30.3 Å². The first-order valence-corrected chi connectivity index (χ1v) is 13.0. The van der Waals surface area contributed by atoms with Crippen LogP contribution in [-0.4, -0.2) is 23.2 Å². The summed E-state index contributed by atoms with van der Waals surface area (Å²) in [6, 6.07) is 14.8. The third-order valence-corrected chi connectivity index (χ3v) is 15.4. The second-order valence-corrected chi connectivity index (χ2v) is 14.5. The van der Waals surface area contributed by atoms with Crippen LogP contribution >= 0.6 is 0 Å². The zero-order chi connectivity index (χ0) is 15.3. The number of hydrogen-bond acceptors (Lipinski definition) is 2. The Hall–Kier alpha value is -0.846. The lowest BCUT2D eigenvalue weighted by atomic mass is 10.3. The van der Waals surface area contributed by atoms with Gasteiger partial charge in [-0.05, 0) is 41.5 Å². The molecule has 1 aromatic rings. The van der Waals surface area contributed by atoms with Crippen molar-refractivity contribution in [1.29, 1.82) is 0 Å². The molecule has 0 saturated carbocycles. The molecule has 1 aliphatic heterocycles. The van der Waals surface area contributed by atoms with Crippen LogP contribution in [0.3, 0.4) is 0 Å². The minimum absolute atomic E-state index is 0.715. The molecule has 0 radical (unpaired) electrons. The number of ether oxygens (including phenoxy) is 1. The Morgan fingerprint density at radius 3 is 2.05 bits per heavy atom. The summed E-state index contributed by atoms with van der Waals surface area (Å²) in [6.45, 7) is 9.88. The fourth-order valence-corrected chi connectivity index (χ4v) is 14.6. The minimum atomic E-state index is -1.74. The van der Waals surface area contributed by atoms with E-state index >= 15 is 0 Å². The molecule has 2 nitrogen and oxygen atoms in total. The van der Waals surface area contributed by atoms with Crippen molar-refractivity contribution in [2.75, 3.05) is 6.61 Å². The first-order chi connectivity index (χ1) is 10.1. The van der Waals surface area contributed by atoms with Crippen LogP contribution in [0.2, 0.25) is 24.2 Å². The lowest BCUT2D eigenvalue weighted by Gasteiger charge is -2.33. The van der Waals surface area contributed by atoms with E-state index in [-0.39, 0.29) is 0 Å². The van der Waals surface area contributed by atoms with Crippen LogP contribution in [0.5, 0.6) is 5.75 Å². The summed E-state index contributed by atoms with van der Waals surface area (Å²) in [5.74, 6) is 0.959. The molecule has 4 heteroatoms. The van der Waals surface area contributed by atoms with Gasteiger partial charge in [0.1, 0.15) is 12.4 Å². The summed E-state index contributed by atoms with van der Waals surface area (Å²) >= 11 is 0. The second kappa shape index (κ2) is 6.94. The van der Waals surface area contributed by atoms with Gasteiger partial charge in [0.15, 0.2) is 0 Å². The van der Waals surface area contributed by atoms with E-state index < -0.39 is 16.6 Å². The molecule has 0 N–H and O–H groups in total. The van der Waals surface area contributed by atoms with E-state index in [9.17, 15) is 0 Å². The third kappa shape index (κ3) is 3.33. The molecule has 0 saturated heterocycles. The van der Waals surface area contributed by atoms with Gasteiger partial charge in [0.25, 0.3) is 0 Å². The van der Waals surface area contributed by atoms with Gasteiger partial charge in [0.2, 0.25) is 16.6 Å². The van der Waals surface area contributed by atoms with Crippen molar-refractivity contribution in [2.45, 2.75) is 51.9 Å². The van der Waals surface area contributed by atoms with Crippen molar-refractivity contribution in [1.82, 2.24) is 0 Å². The molecule has 0 atom stereocenters. The van der Waals surface area contributed by atoms with E-state index in [2.05, 4.69) is 33.4 Å². The van der Waals surface area contributed by atoms with Gasteiger partial charge >= 0.3 is 0 Å². The quantitative estimate of drug-likeness (QED) is 0.653. The molecule has 1 aromatic carbocycles. The Bertz CT molecular complexity index is 477. The van der Waals surface area contributed by atoms with E-state index in [0.29, 0.717) is 6.61 Å².